The summed E-state index contributed by atoms with van der Waals surface area (Å²) >= 11 is 5.70. The Morgan fingerprint density at radius 1 is 1.22 bits per heavy atom. The average molecular weight is 261 g/mol. The van der Waals surface area contributed by atoms with Crippen LogP contribution < -0.4 is 5.32 Å². The molecule has 2 rings (SSSR count). The monoisotopic (exact) mass is 260 g/mol. The molecule has 0 aliphatic carbocycles. The number of rotatable bonds is 2. The van der Waals surface area contributed by atoms with Crippen molar-refractivity contribution in [2.24, 2.45) is 0 Å². The lowest BCUT2D eigenvalue weighted by atomic mass is 10.1. The number of hydrogen-bond acceptors (Lipinski definition) is 2. The molecule has 0 aliphatic heterocycles. The fourth-order valence-corrected chi connectivity index (χ4v) is 1.77. The Balaban J connectivity index is 2.36. The van der Waals surface area contributed by atoms with Crippen LogP contribution in [0, 0.1) is 24.1 Å². The van der Waals surface area contributed by atoms with Crippen LogP contribution in [0.3, 0.4) is 0 Å². The van der Waals surface area contributed by atoms with Gasteiger partial charge in [-0.25, -0.2) is 4.39 Å². The second-order valence-corrected chi connectivity index (χ2v) is 4.32. The summed E-state index contributed by atoms with van der Waals surface area (Å²) in [5, 5.41) is 12.1. The summed E-state index contributed by atoms with van der Waals surface area (Å²) in [5.41, 5.74) is 2.88. The Morgan fingerprint density at radius 3 is 2.67 bits per heavy atom. The Bertz CT molecular complexity index is 632. The third-order valence-electron chi connectivity index (χ3n) is 2.49. The fourth-order valence-electron chi connectivity index (χ4n) is 1.59. The van der Waals surface area contributed by atoms with Crippen molar-refractivity contribution in [3.8, 4) is 6.07 Å². The molecule has 0 spiro atoms. The van der Waals surface area contributed by atoms with Crippen LogP contribution >= 0.6 is 11.6 Å². The maximum atomic E-state index is 13.0. The molecule has 90 valence electrons. The highest BCUT2D eigenvalue weighted by Gasteiger charge is 2.05. The van der Waals surface area contributed by atoms with Crippen LogP contribution in [0.4, 0.5) is 15.8 Å². The van der Waals surface area contributed by atoms with Crippen LogP contribution in [0.1, 0.15) is 11.1 Å². The average Bonchev–Trinajstić information content (AvgIpc) is 2.34. The third-order valence-corrected chi connectivity index (χ3v) is 2.78. The highest BCUT2D eigenvalue weighted by molar-refractivity contribution is 6.31. The van der Waals surface area contributed by atoms with Gasteiger partial charge >= 0.3 is 0 Å². The van der Waals surface area contributed by atoms with Crippen molar-refractivity contribution in [3.05, 3.63) is 58.4 Å². The summed E-state index contributed by atoms with van der Waals surface area (Å²) in [5.74, 6) is -0.466. The summed E-state index contributed by atoms with van der Waals surface area (Å²) in [6.07, 6.45) is 0. The molecule has 0 aliphatic rings. The van der Waals surface area contributed by atoms with Crippen molar-refractivity contribution in [2.45, 2.75) is 6.92 Å². The lowest BCUT2D eigenvalue weighted by molar-refractivity contribution is 0.628. The molecule has 0 radical (unpaired) electrons. The van der Waals surface area contributed by atoms with Crippen molar-refractivity contribution in [1.29, 1.82) is 5.26 Å². The molecular formula is C14H10ClFN2. The van der Waals surface area contributed by atoms with Gasteiger partial charge in [0.25, 0.3) is 0 Å². The molecule has 0 fully saturated rings. The first-order chi connectivity index (χ1) is 8.60. The van der Waals surface area contributed by atoms with Crippen molar-refractivity contribution < 1.29 is 4.39 Å². The molecule has 1 N–H and O–H groups in total. The second kappa shape index (κ2) is 5.07. The zero-order chi connectivity index (χ0) is 13.1. The van der Waals surface area contributed by atoms with E-state index in [9.17, 15) is 4.39 Å². The molecule has 2 aromatic rings. The Labute approximate surface area is 110 Å². The van der Waals surface area contributed by atoms with Crippen LogP contribution in [0.25, 0.3) is 0 Å². The molecule has 0 heterocycles. The molecule has 4 heteroatoms. The highest BCUT2D eigenvalue weighted by atomic mass is 35.5. The van der Waals surface area contributed by atoms with E-state index < -0.39 is 5.82 Å². The van der Waals surface area contributed by atoms with Crippen molar-refractivity contribution in [1.82, 2.24) is 0 Å². The largest absolute Gasteiger partial charge is 0.354 e. The topological polar surface area (TPSA) is 35.8 Å². The predicted molar refractivity (Wildman–Crippen MR) is 70.6 cm³/mol. The van der Waals surface area contributed by atoms with Crippen LogP contribution in [-0.2, 0) is 0 Å². The third kappa shape index (κ3) is 2.61. The van der Waals surface area contributed by atoms with Crippen molar-refractivity contribution in [2.75, 3.05) is 5.32 Å². The summed E-state index contributed by atoms with van der Waals surface area (Å²) in [6.45, 7) is 1.93. The van der Waals surface area contributed by atoms with Crippen LogP contribution in [0.15, 0.2) is 36.4 Å². The van der Waals surface area contributed by atoms with Crippen LogP contribution in [-0.4, -0.2) is 0 Å². The van der Waals surface area contributed by atoms with Crippen LogP contribution in [0.2, 0.25) is 5.02 Å². The quantitative estimate of drug-likeness (QED) is 0.869. The maximum absolute atomic E-state index is 13.0. The number of nitrogens with zero attached hydrogens (tertiary/aromatic N) is 1. The van der Waals surface area contributed by atoms with Crippen molar-refractivity contribution >= 4 is 23.0 Å². The van der Waals surface area contributed by atoms with E-state index in [0.717, 1.165) is 5.56 Å². The summed E-state index contributed by atoms with van der Waals surface area (Å²) < 4.78 is 13.0. The lowest BCUT2D eigenvalue weighted by Crippen LogP contribution is -1.94. The minimum absolute atomic E-state index is 0.0474. The van der Waals surface area contributed by atoms with E-state index in [2.05, 4.69) is 11.4 Å². The van der Waals surface area contributed by atoms with Gasteiger partial charge in [0.2, 0.25) is 0 Å². The van der Waals surface area contributed by atoms with Gasteiger partial charge in [0.05, 0.1) is 16.3 Å². The molecule has 0 aromatic heterocycles. The van der Waals surface area contributed by atoms with Gasteiger partial charge in [-0.15, -0.1) is 0 Å². The zero-order valence-corrected chi connectivity index (χ0v) is 10.4. The molecule has 0 saturated carbocycles. The van der Waals surface area contributed by atoms with Gasteiger partial charge in [0.15, 0.2) is 0 Å². The van der Waals surface area contributed by atoms with Gasteiger partial charge in [-0.2, -0.15) is 5.26 Å². The molecule has 2 nitrogen and oxygen atoms in total. The van der Waals surface area contributed by atoms with E-state index in [1.54, 1.807) is 12.1 Å². The molecule has 0 amide bonds. The van der Waals surface area contributed by atoms with E-state index in [1.165, 1.54) is 12.1 Å². The van der Waals surface area contributed by atoms with E-state index in [1.807, 2.05) is 19.1 Å². The Hall–Kier alpha value is -2.05. The Kier molecular flexibility index (Phi) is 3.50. The summed E-state index contributed by atoms with van der Waals surface area (Å²) in [7, 11) is 0. The number of halogens is 2. The second-order valence-electron chi connectivity index (χ2n) is 3.91. The SMILES string of the molecule is Cc1ccc(C#N)c(Nc2ccc(F)c(Cl)c2)c1. The van der Waals surface area contributed by atoms with E-state index in [4.69, 9.17) is 16.9 Å². The minimum Gasteiger partial charge on any atom is -0.354 e. The molecule has 2 aromatic carbocycles. The summed E-state index contributed by atoms with van der Waals surface area (Å²) in [4.78, 5) is 0. The molecule has 18 heavy (non-hydrogen) atoms. The van der Waals surface area contributed by atoms with Gasteiger partial charge in [-0.3, -0.25) is 0 Å². The van der Waals surface area contributed by atoms with Gasteiger partial charge in [0, 0.05) is 5.69 Å². The first-order valence-electron chi connectivity index (χ1n) is 5.33. The van der Waals surface area contributed by atoms with E-state index in [-0.39, 0.29) is 5.02 Å². The molecule has 0 atom stereocenters. The number of nitriles is 1. The number of anilines is 2. The van der Waals surface area contributed by atoms with E-state index in [0.29, 0.717) is 16.9 Å². The molecule has 0 unspecified atom stereocenters. The predicted octanol–water partition coefficient (Wildman–Crippen LogP) is 4.40. The minimum atomic E-state index is -0.466. The van der Waals surface area contributed by atoms with Crippen molar-refractivity contribution in [3.63, 3.8) is 0 Å². The van der Waals surface area contributed by atoms with Gasteiger partial charge in [-0.05, 0) is 42.8 Å². The highest BCUT2D eigenvalue weighted by Crippen LogP contribution is 2.25. The molecule has 0 saturated heterocycles. The van der Waals surface area contributed by atoms with E-state index >= 15 is 0 Å². The van der Waals surface area contributed by atoms with Gasteiger partial charge < -0.3 is 5.32 Å². The van der Waals surface area contributed by atoms with Gasteiger partial charge in [0.1, 0.15) is 11.9 Å². The van der Waals surface area contributed by atoms with Crippen LogP contribution in [0.5, 0.6) is 0 Å². The van der Waals surface area contributed by atoms with Gasteiger partial charge in [-0.1, -0.05) is 17.7 Å². The smallest absolute Gasteiger partial charge is 0.141 e. The summed E-state index contributed by atoms with van der Waals surface area (Å²) in [6, 6.07) is 11.9. The fraction of sp³-hybridized carbons (Fsp3) is 0.0714. The Morgan fingerprint density at radius 2 is 2.00 bits per heavy atom. The first-order valence-corrected chi connectivity index (χ1v) is 5.71. The number of hydrogen-bond donors (Lipinski definition) is 1. The zero-order valence-electron chi connectivity index (χ0n) is 9.67. The number of nitrogens with one attached hydrogen (secondary N) is 1. The maximum Gasteiger partial charge on any atom is 0.141 e. The molecular weight excluding hydrogens is 251 g/mol. The number of benzene rings is 2. The molecule has 0 bridgehead atoms. The lowest BCUT2D eigenvalue weighted by Gasteiger charge is -2.09. The normalized spacial score (nSPS) is 9.89. The first kappa shape index (κ1) is 12.4. The standard InChI is InChI=1S/C14H10ClFN2/c1-9-2-3-10(8-17)14(6-9)18-11-4-5-13(16)12(15)7-11/h2-7,18H,1H3. The number of aryl methyl sites for hydroxylation is 1.